The SMILES string of the molecule is CC(C)[C@H](NC(=O)COc1cccc2ccccc12)C(=O)C(C(=O)CF)C(N)C(=O)O. The average Bonchev–Trinajstić information content (AvgIpc) is 2.75. The molecule has 8 nitrogen and oxygen atoms in total. The quantitative estimate of drug-likeness (QED) is 0.458. The van der Waals surface area contributed by atoms with Gasteiger partial charge in [0.15, 0.2) is 18.2 Å². The third-order valence-corrected chi connectivity index (χ3v) is 4.83. The summed E-state index contributed by atoms with van der Waals surface area (Å²) in [4.78, 5) is 48.3. The Labute approximate surface area is 178 Å². The first-order valence-electron chi connectivity index (χ1n) is 9.68. The van der Waals surface area contributed by atoms with Crippen molar-refractivity contribution in [3.63, 3.8) is 0 Å². The fourth-order valence-corrected chi connectivity index (χ4v) is 3.20. The molecule has 0 fully saturated rings. The van der Waals surface area contributed by atoms with Gasteiger partial charge in [0.05, 0.1) is 6.04 Å². The van der Waals surface area contributed by atoms with Crippen LogP contribution in [0.4, 0.5) is 4.39 Å². The molecule has 31 heavy (non-hydrogen) atoms. The van der Waals surface area contributed by atoms with E-state index in [-0.39, 0.29) is 0 Å². The van der Waals surface area contributed by atoms with Crippen molar-refractivity contribution in [2.45, 2.75) is 25.9 Å². The molecule has 0 aliphatic rings. The number of carbonyl (C=O) groups is 4. The summed E-state index contributed by atoms with van der Waals surface area (Å²) < 4.78 is 18.5. The number of fused-ring (bicyclic) bond motifs is 1. The van der Waals surface area contributed by atoms with E-state index in [0.29, 0.717) is 5.75 Å². The van der Waals surface area contributed by atoms with Gasteiger partial charge in [0.2, 0.25) is 0 Å². The number of ether oxygens (including phenoxy) is 1. The molecule has 2 aromatic carbocycles. The van der Waals surface area contributed by atoms with E-state index in [9.17, 15) is 23.6 Å². The van der Waals surface area contributed by atoms with Crippen LogP contribution in [0.1, 0.15) is 13.8 Å². The Hall–Kier alpha value is -3.33. The standard InChI is InChI=1S/C22H25FN2O6/c1-12(2)20(21(28)18(15(26)10-23)19(24)22(29)30)25-17(27)11-31-16-9-5-7-13-6-3-4-8-14(13)16/h3-9,12,18-20H,10-11,24H2,1-2H3,(H,25,27)(H,29,30)/t18?,19?,20-/m0/s1. The maximum absolute atomic E-state index is 12.9. The summed E-state index contributed by atoms with van der Waals surface area (Å²) in [6.07, 6.45) is 0. The molecule has 0 aliphatic carbocycles. The molecule has 0 heterocycles. The zero-order valence-corrected chi connectivity index (χ0v) is 17.2. The Morgan fingerprint density at radius 2 is 1.74 bits per heavy atom. The molecule has 2 aromatic rings. The van der Waals surface area contributed by atoms with E-state index in [4.69, 9.17) is 15.6 Å². The second-order valence-electron chi connectivity index (χ2n) is 7.40. The molecular formula is C22H25FN2O6. The van der Waals surface area contributed by atoms with Gasteiger partial charge in [-0.15, -0.1) is 0 Å². The smallest absolute Gasteiger partial charge is 0.321 e. The van der Waals surface area contributed by atoms with Crippen molar-refractivity contribution in [2.75, 3.05) is 13.3 Å². The van der Waals surface area contributed by atoms with Gasteiger partial charge in [-0.25, -0.2) is 4.39 Å². The van der Waals surface area contributed by atoms with Crippen LogP contribution < -0.4 is 15.8 Å². The normalized spacial score (nSPS) is 14.0. The van der Waals surface area contributed by atoms with E-state index in [2.05, 4.69) is 5.32 Å². The number of ketones is 2. The van der Waals surface area contributed by atoms with Crippen LogP contribution in [0, 0.1) is 11.8 Å². The van der Waals surface area contributed by atoms with Crippen molar-refractivity contribution in [1.82, 2.24) is 5.32 Å². The number of rotatable bonds is 11. The predicted molar refractivity (Wildman–Crippen MR) is 111 cm³/mol. The minimum absolute atomic E-state index is 0.419. The van der Waals surface area contributed by atoms with Gasteiger partial charge < -0.3 is 20.9 Å². The number of Topliss-reactive ketones (excluding diaryl/α,β-unsaturated/α-hetero) is 2. The molecule has 0 aliphatic heterocycles. The number of halogens is 1. The number of aliphatic carboxylic acids is 1. The third kappa shape index (κ3) is 5.85. The largest absolute Gasteiger partial charge is 0.483 e. The summed E-state index contributed by atoms with van der Waals surface area (Å²) in [6, 6.07) is 9.64. The first-order chi connectivity index (χ1) is 14.7. The Kier molecular flexibility index (Phi) is 8.21. The summed E-state index contributed by atoms with van der Waals surface area (Å²) in [5, 5.41) is 13.3. The molecule has 0 saturated heterocycles. The molecular weight excluding hydrogens is 407 g/mol. The van der Waals surface area contributed by atoms with Crippen LogP contribution in [0.15, 0.2) is 42.5 Å². The second kappa shape index (κ2) is 10.6. The third-order valence-electron chi connectivity index (χ3n) is 4.83. The number of hydrogen-bond acceptors (Lipinski definition) is 6. The number of benzene rings is 2. The van der Waals surface area contributed by atoms with Crippen molar-refractivity contribution in [2.24, 2.45) is 17.6 Å². The van der Waals surface area contributed by atoms with Crippen LogP contribution in [-0.2, 0) is 19.2 Å². The fourth-order valence-electron chi connectivity index (χ4n) is 3.20. The zero-order valence-electron chi connectivity index (χ0n) is 17.2. The molecule has 0 aromatic heterocycles. The molecule has 0 radical (unpaired) electrons. The van der Waals surface area contributed by atoms with Gasteiger partial charge in [-0.3, -0.25) is 19.2 Å². The second-order valence-corrected chi connectivity index (χ2v) is 7.40. The van der Waals surface area contributed by atoms with Crippen molar-refractivity contribution >= 4 is 34.2 Å². The van der Waals surface area contributed by atoms with Crippen LogP contribution >= 0.6 is 0 Å². The highest BCUT2D eigenvalue weighted by atomic mass is 19.1. The van der Waals surface area contributed by atoms with Crippen LogP contribution in [0.5, 0.6) is 5.75 Å². The Morgan fingerprint density at radius 1 is 1.10 bits per heavy atom. The Morgan fingerprint density at radius 3 is 2.35 bits per heavy atom. The highest BCUT2D eigenvalue weighted by Gasteiger charge is 2.41. The van der Waals surface area contributed by atoms with Gasteiger partial charge in [-0.05, 0) is 17.4 Å². The van der Waals surface area contributed by atoms with E-state index in [1.165, 1.54) is 0 Å². The lowest BCUT2D eigenvalue weighted by molar-refractivity contribution is -0.147. The Bertz CT molecular complexity index is 972. The van der Waals surface area contributed by atoms with Gasteiger partial charge in [-0.1, -0.05) is 50.2 Å². The van der Waals surface area contributed by atoms with Crippen LogP contribution in [0.25, 0.3) is 10.8 Å². The summed E-state index contributed by atoms with van der Waals surface area (Å²) in [5.41, 5.74) is 5.45. The molecule has 3 atom stereocenters. The molecule has 4 N–H and O–H groups in total. The number of nitrogens with two attached hydrogens (primary N) is 1. The van der Waals surface area contributed by atoms with Crippen LogP contribution in [0.2, 0.25) is 0 Å². The van der Waals surface area contributed by atoms with E-state index >= 15 is 0 Å². The lowest BCUT2D eigenvalue weighted by Gasteiger charge is -2.26. The van der Waals surface area contributed by atoms with E-state index < -0.39 is 60.6 Å². The molecule has 2 unspecified atom stereocenters. The fraction of sp³-hybridized carbons (Fsp3) is 0.364. The maximum Gasteiger partial charge on any atom is 0.321 e. The minimum atomic E-state index is -1.92. The van der Waals surface area contributed by atoms with Crippen molar-refractivity contribution in [1.29, 1.82) is 0 Å². The molecule has 0 saturated carbocycles. The summed E-state index contributed by atoms with van der Waals surface area (Å²) in [5.74, 6) is -6.42. The molecule has 0 bridgehead atoms. The minimum Gasteiger partial charge on any atom is -0.483 e. The highest BCUT2D eigenvalue weighted by molar-refractivity contribution is 6.09. The summed E-state index contributed by atoms with van der Waals surface area (Å²) >= 11 is 0. The lowest BCUT2D eigenvalue weighted by atomic mass is 9.84. The van der Waals surface area contributed by atoms with Gasteiger partial charge >= 0.3 is 5.97 Å². The number of carbonyl (C=O) groups excluding carboxylic acids is 3. The summed E-state index contributed by atoms with van der Waals surface area (Å²) in [7, 11) is 0. The average molecular weight is 432 g/mol. The number of nitrogens with one attached hydrogen (secondary N) is 1. The van der Waals surface area contributed by atoms with Crippen molar-refractivity contribution in [3.05, 3.63) is 42.5 Å². The molecule has 1 amide bonds. The number of amides is 1. The van der Waals surface area contributed by atoms with Crippen LogP contribution in [0.3, 0.4) is 0 Å². The molecule has 166 valence electrons. The Balaban J connectivity index is 2.14. The van der Waals surface area contributed by atoms with E-state index in [0.717, 1.165) is 10.8 Å². The van der Waals surface area contributed by atoms with E-state index in [1.54, 1.807) is 26.0 Å². The number of carboxylic acids is 1. The molecule has 0 spiro atoms. The van der Waals surface area contributed by atoms with Crippen molar-refractivity contribution in [3.8, 4) is 5.75 Å². The lowest BCUT2D eigenvalue weighted by Crippen LogP contribution is -2.55. The topological polar surface area (TPSA) is 136 Å². The van der Waals surface area contributed by atoms with Crippen molar-refractivity contribution < 1.29 is 33.4 Å². The first-order valence-corrected chi connectivity index (χ1v) is 9.68. The van der Waals surface area contributed by atoms with Gasteiger partial charge in [0, 0.05) is 5.39 Å². The van der Waals surface area contributed by atoms with Crippen LogP contribution in [-0.4, -0.2) is 53.9 Å². The molecule has 9 heteroatoms. The van der Waals surface area contributed by atoms with E-state index in [1.807, 2.05) is 30.3 Å². The number of carboxylic acid groups (broad SMARTS) is 1. The van der Waals surface area contributed by atoms with Gasteiger partial charge in [-0.2, -0.15) is 0 Å². The number of alkyl halides is 1. The first kappa shape index (κ1) is 23.9. The zero-order chi connectivity index (χ0) is 23.1. The highest BCUT2D eigenvalue weighted by Crippen LogP contribution is 2.25. The molecule has 2 rings (SSSR count). The predicted octanol–water partition coefficient (Wildman–Crippen LogP) is 1.50. The summed E-state index contributed by atoms with van der Waals surface area (Å²) in [6.45, 7) is 1.23. The maximum atomic E-state index is 12.9. The van der Waals surface area contributed by atoms with Gasteiger partial charge in [0.25, 0.3) is 5.91 Å². The monoisotopic (exact) mass is 432 g/mol. The number of hydrogen-bond donors (Lipinski definition) is 3. The van der Waals surface area contributed by atoms with Gasteiger partial charge in [0.1, 0.15) is 24.4 Å².